The molecule has 170 valence electrons. The van der Waals surface area contributed by atoms with E-state index in [4.69, 9.17) is 4.74 Å². The number of hydrogen-bond acceptors (Lipinski definition) is 3. The number of hydrogen-bond donors (Lipinski definition) is 1. The molecule has 31 heavy (non-hydrogen) atoms. The quantitative estimate of drug-likeness (QED) is 0.672. The normalized spacial score (nSPS) is 21.8. The van der Waals surface area contributed by atoms with Crippen LogP contribution in [0.4, 0.5) is 4.79 Å². The number of benzene rings is 1. The third kappa shape index (κ3) is 6.02. The highest BCUT2D eigenvalue weighted by molar-refractivity contribution is 5.79. The number of nitrogens with zero attached hydrogens (tertiary/aromatic N) is 1. The molecule has 2 amide bonds. The van der Waals surface area contributed by atoms with Gasteiger partial charge in [-0.3, -0.25) is 4.79 Å². The van der Waals surface area contributed by atoms with Gasteiger partial charge in [0, 0.05) is 25.0 Å². The summed E-state index contributed by atoms with van der Waals surface area (Å²) in [5.74, 6) is 2.20. The van der Waals surface area contributed by atoms with Crippen molar-refractivity contribution in [1.29, 1.82) is 0 Å². The smallest absolute Gasteiger partial charge is 0.410 e. The summed E-state index contributed by atoms with van der Waals surface area (Å²) < 4.78 is 5.47. The lowest BCUT2D eigenvalue weighted by Crippen LogP contribution is -2.50. The summed E-state index contributed by atoms with van der Waals surface area (Å²) in [6.07, 6.45) is 14.0. The Morgan fingerprint density at radius 2 is 1.35 bits per heavy atom. The van der Waals surface area contributed by atoms with Crippen molar-refractivity contribution in [2.24, 2.45) is 17.8 Å². The number of carbonyl (C=O) groups excluding carboxylic acids is 2. The second-order valence-corrected chi connectivity index (χ2v) is 9.77. The number of nitrogens with one attached hydrogen (secondary N) is 1. The van der Waals surface area contributed by atoms with Crippen LogP contribution in [0.25, 0.3) is 0 Å². The van der Waals surface area contributed by atoms with E-state index in [0.29, 0.717) is 36.6 Å². The van der Waals surface area contributed by atoms with E-state index in [2.05, 4.69) is 5.32 Å². The molecule has 5 nitrogen and oxygen atoms in total. The molecule has 0 unspecified atom stereocenters. The second kappa shape index (κ2) is 11.0. The van der Waals surface area contributed by atoms with E-state index < -0.39 is 0 Å². The first kappa shape index (κ1) is 22.2. The summed E-state index contributed by atoms with van der Waals surface area (Å²) in [6, 6.07) is 9.38. The number of amides is 2. The minimum absolute atomic E-state index is 0.169. The van der Waals surface area contributed by atoms with Crippen molar-refractivity contribution in [3.05, 3.63) is 30.3 Å². The molecule has 0 bridgehead atoms. The summed E-state index contributed by atoms with van der Waals surface area (Å²) in [6.45, 7) is 1.27. The molecule has 0 aromatic heterocycles. The zero-order valence-electron chi connectivity index (χ0n) is 18.8. The highest BCUT2D eigenvalue weighted by atomic mass is 16.6. The molecular weight excluding hydrogens is 388 g/mol. The van der Waals surface area contributed by atoms with E-state index in [9.17, 15) is 9.59 Å². The highest BCUT2D eigenvalue weighted by Gasteiger charge is 2.37. The SMILES string of the molecule is O=C(NC1CCN(C(=O)Oc2ccccc2)CC1)C(C1CCCCC1)C1CCCCC1. The van der Waals surface area contributed by atoms with Gasteiger partial charge in [0.1, 0.15) is 5.75 Å². The molecule has 1 saturated heterocycles. The van der Waals surface area contributed by atoms with Gasteiger partial charge in [-0.05, 0) is 62.5 Å². The Morgan fingerprint density at radius 1 is 0.806 bits per heavy atom. The van der Waals surface area contributed by atoms with Crippen LogP contribution >= 0.6 is 0 Å². The molecular formula is C26H38N2O3. The van der Waals surface area contributed by atoms with Crippen molar-refractivity contribution in [1.82, 2.24) is 10.2 Å². The number of piperidine rings is 1. The molecule has 1 aromatic carbocycles. The van der Waals surface area contributed by atoms with Crippen molar-refractivity contribution in [2.45, 2.75) is 83.1 Å². The predicted molar refractivity (Wildman–Crippen MR) is 122 cm³/mol. The molecule has 2 aliphatic carbocycles. The minimum atomic E-state index is -0.293. The fraction of sp³-hybridized carbons (Fsp3) is 0.692. The third-order valence-corrected chi connectivity index (χ3v) is 7.67. The van der Waals surface area contributed by atoms with Gasteiger partial charge in [0.15, 0.2) is 0 Å². The van der Waals surface area contributed by atoms with Gasteiger partial charge in [0.2, 0.25) is 5.91 Å². The van der Waals surface area contributed by atoms with Crippen molar-refractivity contribution >= 4 is 12.0 Å². The standard InChI is InChI=1S/C26H38N2O3/c29-25(24(20-10-4-1-5-11-20)21-12-6-2-7-13-21)27-22-16-18-28(19-17-22)26(30)31-23-14-8-3-9-15-23/h3,8-9,14-15,20-22,24H,1-2,4-7,10-13,16-19H2,(H,27,29). The number of para-hydroxylation sites is 1. The summed E-state index contributed by atoms with van der Waals surface area (Å²) in [5, 5.41) is 3.41. The average molecular weight is 427 g/mol. The predicted octanol–water partition coefficient (Wildman–Crippen LogP) is 5.54. The van der Waals surface area contributed by atoms with Gasteiger partial charge in [-0.15, -0.1) is 0 Å². The van der Waals surface area contributed by atoms with Gasteiger partial charge >= 0.3 is 6.09 Å². The van der Waals surface area contributed by atoms with Crippen molar-refractivity contribution in [3.63, 3.8) is 0 Å². The van der Waals surface area contributed by atoms with Gasteiger partial charge < -0.3 is 15.0 Å². The first-order valence-electron chi connectivity index (χ1n) is 12.5. The Morgan fingerprint density at radius 3 is 1.90 bits per heavy atom. The molecule has 3 fully saturated rings. The lowest BCUT2D eigenvalue weighted by atomic mass is 9.69. The van der Waals surface area contributed by atoms with E-state index in [0.717, 1.165) is 12.8 Å². The number of rotatable bonds is 5. The molecule has 1 aromatic rings. The van der Waals surface area contributed by atoms with E-state index >= 15 is 0 Å². The van der Waals surface area contributed by atoms with Crippen LogP contribution in [0.1, 0.15) is 77.0 Å². The maximum atomic E-state index is 13.5. The topological polar surface area (TPSA) is 58.6 Å². The largest absolute Gasteiger partial charge is 0.415 e. The number of carbonyl (C=O) groups is 2. The lowest BCUT2D eigenvalue weighted by molar-refractivity contribution is -0.131. The molecule has 1 heterocycles. The molecule has 2 saturated carbocycles. The average Bonchev–Trinajstić information content (AvgIpc) is 2.82. The van der Waals surface area contributed by atoms with Crippen LogP contribution in [0.2, 0.25) is 0 Å². The lowest BCUT2D eigenvalue weighted by Gasteiger charge is -2.38. The summed E-state index contributed by atoms with van der Waals surface area (Å²) in [7, 11) is 0. The van der Waals surface area contributed by atoms with Crippen LogP contribution in [0.5, 0.6) is 5.75 Å². The maximum absolute atomic E-state index is 13.5. The molecule has 0 spiro atoms. The molecule has 5 heteroatoms. The zero-order chi connectivity index (χ0) is 21.5. The first-order valence-corrected chi connectivity index (χ1v) is 12.5. The Kier molecular flexibility index (Phi) is 7.87. The van der Waals surface area contributed by atoms with Crippen LogP contribution in [0.15, 0.2) is 30.3 Å². The van der Waals surface area contributed by atoms with Crippen molar-refractivity contribution in [3.8, 4) is 5.75 Å². The monoisotopic (exact) mass is 426 g/mol. The van der Waals surface area contributed by atoms with Crippen LogP contribution in [0.3, 0.4) is 0 Å². The fourth-order valence-electron chi connectivity index (χ4n) is 5.96. The Labute approximate surface area is 186 Å². The molecule has 4 rings (SSSR count). The van der Waals surface area contributed by atoms with Gasteiger partial charge in [-0.25, -0.2) is 4.79 Å². The third-order valence-electron chi connectivity index (χ3n) is 7.67. The van der Waals surface area contributed by atoms with Gasteiger partial charge in [-0.2, -0.15) is 0 Å². The van der Waals surface area contributed by atoms with E-state index in [1.807, 2.05) is 18.2 Å². The van der Waals surface area contributed by atoms with Crippen LogP contribution in [-0.2, 0) is 4.79 Å². The zero-order valence-corrected chi connectivity index (χ0v) is 18.8. The van der Waals surface area contributed by atoms with E-state index in [1.54, 1.807) is 17.0 Å². The van der Waals surface area contributed by atoms with Crippen LogP contribution in [0, 0.1) is 17.8 Å². The summed E-state index contributed by atoms with van der Waals surface area (Å²) in [5.41, 5.74) is 0. The van der Waals surface area contributed by atoms with Gasteiger partial charge in [0.05, 0.1) is 0 Å². The van der Waals surface area contributed by atoms with Crippen LogP contribution in [-0.4, -0.2) is 36.0 Å². The molecule has 3 aliphatic rings. The van der Waals surface area contributed by atoms with Gasteiger partial charge in [-0.1, -0.05) is 56.7 Å². The summed E-state index contributed by atoms with van der Waals surface area (Å²) in [4.78, 5) is 27.6. The van der Waals surface area contributed by atoms with Crippen LogP contribution < -0.4 is 10.1 Å². The number of likely N-dealkylation sites (tertiary alicyclic amines) is 1. The maximum Gasteiger partial charge on any atom is 0.415 e. The highest BCUT2D eigenvalue weighted by Crippen LogP contribution is 2.40. The first-order chi connectivity index (χ1) is 15.2. The molecule has 1 N–H and O–H groups in total. The second-order valence-electron chi connectivity index (χ2n) is 9.77. The van der Waals surface area contributed by atoms with E-state index in [1.165, 1.54) is 64.2 Å². The Hall–Kier alpha value is -2.04. The molecule has 1 aliphatic heterocycles. The Bertz CT molecular complexity index is 685. The number of ether oxygens (including phenoxy) is 1. The molecule has 0 radical (unpaired) electrons. The minimum Gasteiger partial charge on any atom is -0.410 e. The van der Waals surface area contributed by atoms with Crippen molar-refractivity contribution in [2.75, 3.05) is 13.1 Å². The van der Waals surface area contributed by atoms with Crippen molar-refractivity contribution < 1.29 is 14.3 Å². The summed E-state index contributed by atoms with van der Waals surface area (Å²) >= 11 is 0. The van der Waals surface area contributed by atoms with Gasteiger partial charge in [0.25, 0.3) is 0 Å². The molecule has 0 atom stereocenters. The fourth-order valence-corrected chi connectivity index (χ4v) is 5.96. The van der Waals surface area contributed by atoms with E-state index in [-0.39, 0.29) is 18.1 Å². The Balaban J connectivity index is 1.29.